The van der Waals surface area contributed by atoms with E-state index in [9.17, 15) is 25.2 Å². The molecule has 1 rings (SSSR count). The molecule has 0 unspecified atom stereocenters. The van der Waals surface area contributed by atoms with Crippen LogP contribution in [0.3, 0.4) is 0 Å². The van der Waals surface area contributed by atoms with Crippen molar-refractivity contribution in [2.75, 3.05) is 19.6 Å². The van der Waals surface area contributed by atoms with Crippen molar-refractivity contribution in [1.82, 2.24) is 4.90 Å². The molecule has 0 radical (unpaired) electrons. The SMILES string of the molecule is CCCN1CCCCC1.F[P-](F)(F)(F)(F)F.[H+]. The van der Waals surface area contributed by atoms with Gasteiger partial charge in [-0.2, -0.15) is 0 Å². The summed E-state index contributed by atoms with van der Waals surface area (Å²) in [5.74, 6) is 0. The second-order valence-electron chi connectivity index (χ2n) is 3.86. The number of halogens is 6. The maximum absolute atomic E-state index is 10.7. The zero-order valence-corrected chi connectivity index (χ0v) is 10.0. The molecule has 0 aromatic heterocycles. The maximum atomic E-state index is 9.87. The van der Waals surface area contributed by atoms with Gasteiger partial charge >= 0.3 is 34.4 Å². The number of hydrogen-bond donors (Lipinski definition) is 0. The Kier molecular flexibility index (Phi) is 4.68. The molecule has 0 aromatic rings. The minimum Gasteiger partial charge on any atom is 1.00 e. The smallest absolute Gasteiger partial charge is 1.00 e. The van der Waals surface area contributed by atoms with Crippen molar-refractivity contribution < 1.29 is 26.6 Å². The minimum absolute atomic E-state index is 0. The third kappa shape index (κ3) is 19.5. The van der Waals surface area contributed by atoms with E-state index in [1.54, 1.807) is 0 Å². The van der Waals surface area contributed by atoms with Crippen molar-refractivity contribution >= 4 is 7.81 Å². The summed E-state index contributed by atoms with van der Waals surface area (Å²) in [5, 5.41) is 0. The van der Waals surface area contributed by atoms with Crippen molar-refractivity contribution in [2.24, 2.45) is 0 Å². The summed E-state index contributed by atoms with van der Waals surface area (Å²) in [7, 11) is -10.7. The molecule has 1 aliphatic rings. The average molecular weight is 273 g/mol. The molecule has 0 spiro atoms. The molecule has 1 fully saturated rings. The predicted molar refractivity (Wildman–Crippen MR) is 55.3 cm³/mol. The molecule has 0 atom stereocenters. The molecular formula is C8H18F6NP. The van der Waals surface area contributed by atoms with E-state index in [0.29, 0.717) is 0 Å². The van der Waals surface area contributed by atoms with Crippen LogP contribution in [0.2, 0.25) is 0 Å². The molecule has 0 aromatic carbocycles. The normalized spacial score (nSPS) is 22.7. The third-order valence-electron chi connectivity index (χ3n) is 1.99. The maximum Gasteiger partial charge on any atom is 1.00 e. The van der Waals surface area contributed by atoms with Crippen LogP contribution in [-0.4, -0.2) is 24.5 Å². The summed E-state index contributed by atoms with van der Waals surface area (Å²) in [4.78, 5) is 2.57. The Morgan fingerprint density at radius 2 is 1.31 bits per heavy atom. The van der Waals surface area contributed by atoms with Gasteiger partial charge in [0.15, 0.2) is 0 Å². The van der Waals surface area contributed by atoms with Gasteiger partial charge in [0.2, 0.25) is 0 Å². The Morgan fingerprint density at radius 1 is 0.938 bits per heavy atom. The minimum atomic E-state index is -10.7. The molecule has 1 heterocycles. The molecule has 1 saturated heterocycles. The fourth-order valence-corrected chi connectivity index (χ4v) is 1.50. The zero-order chi connectivity index (χ0) is 12.9. The van der Waals surface area contributed by atoms with Crippen LogP contribution in [0.1, 0.15) is 34.0 Å². The van der Waals surface area contributed by atoms with E-state index < -0.39 is 7.81 Å². The van der Waals surface area contributed by atoms with E-state index in [-0.39, 0.29) is 1.43 Å². The molecule has 0 aliphatic carbocycles. The fraction of sp³-hybridized carbons (Fsp3) is 1.00. The third-order valence-corrected chi connectivity index (χ3v) is 1.99. The molecule has 0 N–H and O–H groups in total. The van der Waals surface area contributed by atoms with Gasteiger partial charge < -0.3 is 4.90 Å². The summed E-state index contributed by atoms with van der Waals surface area (Å²) in [6.07, 6.45) is 5.64. The van der Waals surface area contributed by atoms with Gasteiger partial charge in [-0.05, 0) is 38.9 Å². The summed E-state index contributed by atoms with van der Waals surface area (Å²) >= 11 is 0. The molecule has 1 aliphatic heterocycles. The van der Waals surface area contributed by atoms with Crippen molar-refractivity contribution in [3.63, 3.8) is 0 Å². The number of likely N-dealkylation sites (tertiary alicyclic amines) is 1. The van der Waals surface area contributed by atoms with Crippen LogP contribution >= 0.6 is 7.81 Å². The van der Waals surface area contributed by atoms with Gasteiger partial charge in [-0.15, -0.1) is 0 Å². The van der Waals surface area contributed by atoms with Crippen LogP contribution in [0.5, 0.6) is 0 Å². The number of nitrogens with zero attached hydrogens (tertiary/aromatic N) is 1. The van der Waals surface area contributed by atoms with Crippen molar-refractivity contribution in [3.8, 4) is 0 Å². The Hall–Kier alpha value is -0.0300. The Morgan fingerprint density at radius 3 is 1.62 bits per heavy atom. The summed E-state index contributed by atoms with van der Waals surface area (Å²) in [6.45, 7) is 6.29. The Labute approximate surface area is 92.5 Å². The number of rotatable bonds is 2. The number of piperidine rings is 1. The predicted octanol–water partition coefficient (Wildman–Crippen LogP) is 5.38. The van der Waals surface area contributed by atoms with Crippen molar-refractivity contribution in [1.29, 1.82) is 0 Å². The van der Waals surface area contributed by atoms with Gasteiger partial charge in [0, 0.05) is 0 Å². The quantitative estimate of drug-likeness (QED) is 0.482. The van der Waals surface area contributed by atoms with E-state index >= 15 is 0 Å². The topological polar surface area (TPSA) is 3.24 Å². The van der Waals surface area contributed by atoms with E-state index in [1.807, 2.05) is 0 Å². The number of hydrogen-bond acceptors (Lipinski definition) is 1. The second-order valence-corrected chi connectivity index (χ2v) is 5.78. The zero-order valence-electron chi connectivity index (χ0n) is 10.1. The average Bonchev–Trinajstić information content (AvgIpc) is 2.01. The Bertz CT molecular complexity index is 195. The van der Waals surface area contributed by atoms with Gasteiger partial charge in [0.25, 0.3) is 0 Å². The molecule has 0 saturated carbocycles. The van der Waals surface area contributed by atoms with Gasteiger partial charge in [-0.1, -0.05) is 13.3 Å². The van der Waals surface area contributed by atoms with Crippen LogP contribution in [0.4, 0.5) is 25.2 Å². The van der Waals surface area contributed by atoms with Crippen LogP contribution in [0.15, 0.2) is 0 Å². The molecule has 0 amide bonds. The molecular weight excluding hydrogens is 255 g/mol. The van der Waals surface area contributed by atoms with Gasteiger partial charge in [0.05, 0.1) is 0 Å². The second kappa shape index (κ2) is 4.69. The van der Waals surface area contributed by atoms with Gasteiger partial charge in [0.1, 0.15) is 0 Å². The van der Waals surface area contributed by atoms with Crippen LogP contribution in [0.25, 0.3) is 0 Å². The first-order valence-corrected chi connectivity index (χ1v) is 7.20. The molecule has 16 heavy (non-hydrogen) atoms. The molecule has 8 heteroatoms. The first-order valence-electron chi connectivity index (χ1n) is 5.17. The largest absolute Gasteiger partial charge is 1.00 e. The van der Waals surface area contributed by atoms with Gasteiger partial charge in [-0.25, -0.2) is 0 Å². The molecule has 0 bridgehead atoms. The van der Waals surface area contributed by atoms with Crippen molar-refractivity contribution in [2.45, 2.75) is 32.6 Å². The fourth-order valence-electron chi connectivity index (χ4n) is 1.50. The van der Waals surface area contributed by atoms with E-state index in [0.717, 1.165) is 0 Å². The summed E-state index contributed by atoms with van der Waals surface area (Å²) in [5.41, 5.74) is 0. The van der Waals surface area contributed by atoms with Crippen molar-refractivity contribution in [3.05, 3.63) is 0 Å². The molecule has 1 nitrogen and oxygen atoms in total. The van der Waals surface area contributed by atoms with Crippen LogP contribution in [-0.2, 0) is 0 Å². The van der Waals surface area contributed by atoms with Crippen LogP contribution < -0.4 is 0 Å². The Balaban J connectivity index is 0. The van der Waals surface area contributed by atoms with E-state index in [1.165, 1.54) is 45.3 Å². The summed E-state index contributed by atoms with van der Waals surface area (Å²) in [6, 6.07) is 0. The van der Waals surface area contributed by atoms with E-state index in [2.05, 4.69) is 11.8 Å². The van der Waals surface area contributed by atoms with Gasteiger partial charge in [-0.3, -0.25) is 0 Å². The first-order chi connectivity index (χ1) is 6.88. The van der Waals surface area contributed by atoms with E-state index in [4.69, 9.17) is 0 Å². The van der Waals surface area contributed by atoms with Crippen LogP contribution in [0, 0.1) is 0 Å². The monoisotopic (exact) mass is 273 g/mol. The molecule has 102 valence electrons. The standard InChI is InChI=1S/C8H17N.F6P/c1-2-6-9-7-4-3-5-8-9;1-7(2,3,4,5)6/h2-8H2,1H3;/q;-1/p+1. The summed E-state index contributed by atoms with van der Waals surface area (Å²) < 4.78 is 59.2. The first kappa shape index (κ1) is 16.0.